The molecule has 1 aromatic carbocycles. The standard InChI is InChI=1S/C11H13BrN4/c1-16-11(4-5-15-16)14-7-8-2-3-10(13)9(12)6-8/h2-6,14H,7,13H2,1H3. The normalized spacial score (nSPS) is 10.4. The lowest BCUT2D eigenvalue weighted by Gasteiger charge is -2.07. The van der Waals surface area contributed by atoms with E-state index in [0.717, 1.165) is 22.5 Å². The van der Waals surface area contributed by atoms with Crippen molar-refractivity contribution in [3.8, 4) is 0 Å². The third kappa shape index (κ3) is 2.36. The molecule has 0 radical (unpaired) electrons. The van der Waals surface area contributed by atoms with Crippen molar-refractivity contribution in [3.63, 3.8) is 0 Å². The number of aryl methyl sites for hydroxylation is 1. The minimum absolute atomic E-state index is 0.748. The van der Waals surface area contributed by atoms with Gasteiger partial charge < -0.3 is 11.1 Å². The molecule has 2 aromatic rings. The molecule has 84 valence electrons. The average Bonchev–Trinajstić information content (AvgIpc) is 2.66. The molecule has 0 aliphatic rings. The Hall–Kier alpha value is -1.49. The van der Waals surface area contributed by atoms with E-state index in [9.17, 15) is 0 Å². The molecule has 16 heavy (non-hydrogen) atoms. The summed E-state index contributed by atoms with van der Waals surface area (Å²) in [6.45, 7) is 0.748. The molecule has 0 aliphatic heterocycles. The van der Waals surface area contributed by atoms with Gasteiger partial charge in [-0.05, 0) is 33.6 Å². The third-order valence-corrected chi connectivity index (χ3v) is 3.05. The number of halogens is 1. The predicted molar refractivity (Wildman–Crippen MR) is 69.1 cm³/mol. The minimum atomic E-state index is 0.748. The van der Waals surface area contributed by atoms with Crippen LogP contribution < -0.4 is 11.1 Å². The summed E-state index contributed by atoms with van der Waals surface area (Å²) in [5.74, 6) is 0.993. The minimum Gasteiger partial charge on any atom is -0.398 e. The number of anilines is 2. The fourth-order valence-corrected chi connectivity index (χ4v) is 1.85. The zero-order valence-corrected chi connectivity index (χ0v) is 10.5. The van der Waals surface area contributed by atoms with Crippen LogP contribution in [0.15, 0.2) is 34.9 Å². The van der Waals surface area contributed by atoms with E-state index in [1.54, 1.807) is 10.9 Å². The zero-order chi connectivity index (χ0) is 11.5. The van der Waals surface area contributed by atoms with Crippen LogP contribution in [0.5, 0.6) is 0 Å². The highest BCUT2D eigenvalue weighted by atomic mass is 79.9. The van der Waals surface area contributed by atoms with Crippen molar-refractivity contribution >= 4 is 27.4 Å². The average molecular weight is 281 g/mol. The first-order valence-corrected chi connectivity index (χ1v) is 5.72. The smallest absolute Gasteiger partial charge is 0.124 e. The Balaban J connectivity index is 2.05. The molecule has 0 atom stereocenters. The number of hydrogen-bond donors (Lipinski definition) is 2. The van der Waals surface area contributed by atoms with Gasteiger partial charge in [0.25, 0.3) is 0 Å². The first kappa shape index (κ1) is 11.0. The highest BCUT2D eigenvalue weighted by Gasteiger charge is 2.00. The summed E-state index contributed by atoms with van der Waals surface area (Å²) < 4.78 is 2.73. The molecule has 3 N–H and O–H groups in total. The van der Waals surface area contributed by atoms with Crippen molar-refractivity contribution in [2.45, 2.75) is 6.54 Å². The summed E-state index contributed by atoms with van der Waals surface area (Å²) in [6, 6.07) is 7.85. The zero-order valence-electron chi connectivity index (χ0n) is 8.94. The van der Waals surface area contributed by atoms with Gasteiger partial charge in [-0.1, -0.05) is 6.07 Å². The fourth-order valence-electron chi connectivity index (χ4n) is 1.42. The lowest BCUT2D eigenvalue weighted by molar-refractivity contribution is 0.769. The highest BCUT2D eigenvalue weighted by Crippen LogP contribution is 2.20. The van der Waals surface area contributed by atoms with Crippen LogP contribution in [-0.4, -0.2) is 9.78 Å². The molecule has 0 saturated carbocycles. The van der Waals surface area contributed by atoms with E-state index in [1.165, 1.54) is 5.56 Å². The van der Waals surface area contributed by atoms with E-state index in [1.807, 2.05) is 31.3 Å². The Labute approximate surface area is 103 Å². The van der Waals surface area contributed by atoms with Gasteiger partial charge in [0.05, 0.1) is 6.20 Å². The molecule has 1 heterocycles. The molecule has 4 nitrogen and oxygen atoms in total. The van der Waals surface area contributed by atoms with Gasteiger partial charge in [0.2, 0.25) is 0 Å². The first-order chi connectivity index (χ1) is 7.66. The molecule has 0 bridgehead atoms. The summed E-state index contributed by atoms with van der Waals surface area (Å²) in [6.07, 6.45) is 1.77. The van der Waals surface area contributed by atoms with E-state index in [0.29, 0.717) is 0 Å². The summed E-state index contributed by atoms with van der Waals surface area (Å²) in [7, 11) is 1.90. The van der Waals surface area contributed by atoms with Crippen molar-refractivity contribution in [3.05, 3.63) is 40.5 Å². The summed E-state index contributed by atoms with van der Waals surface area (Å²) >= 11 is 3.41. The second-order valence-corrected chi connectivity index (χ2v) is 4.40. The van der Waals surface area contributed by atoms with Crippen LogP contribution in [0.1, 0.15) is 5.56 Å². The van der Waals surface area contributed by atoms with Crippen LogP contribution in [0.2, 0.25) is 0 Å². The Kier molecular flexibility index (Phi) is 3.14. The van der Waals surface area contributed by atoms with Gasteiger partial charge >= 0.3 is 0 Å². The maximum atomic E-state index is 5.72. The van der Waals surface area contributed by atoms with Gasteiger partial charge in [-0.25, -0.2) is 0 Å². The van der Waals surface area contributed by atoms with Crippen molar-refractivity contribution in [2.24, 2.45) is 7.05 Å². The Bertz CT molecular complexity index is 492. The summed E-state index contributed by atoms with van der Waals surface area (Å²) in [4.78, 5) is 0. The van der Waals surface area contributed by atoms with E-state index in [-0.39, 0.29) is 0 Å². The van der Waals surface area contributed by atoms with E-state index in [4.69, 9.17) is 5.73 Å². The van der Waals surface area contributed by atoms with Crippen molar-refractivity contribution in [1.29, 1.82) is 0 Å². The van der Waals surface area contributed by atoms with Crippen LogP contribution in [0, 0.1) is 0 Å². The fraction of sp³-hybridized carbons (Fsp3) is 0.182. The predicted octanol–water partition coefficient (Wildman–Crippen LogP) is 2.38. The number of rotatable bonds is 3. The van der Waals surface area contributed by atoms with Gasteiger partial charge in [-0.2, -0.15) is 5.10 Å². The van der Waals surface area contributed by atoms with Gasteiger partial charge in [0.1, 0.15) is 5.82 Å². The molecule has 0 unspecified atom stereocenters. The van der Waals surface area contributed by atoms with Crippen LogP contribution in [0.3, 0.4) is 0 Å². The Morgan fingerprint density at radius 3 is 2.88 bits per heavy atom. The number of aromatic nitrogens is 2. The maximum Gasteiger partial charge on any atom is 0.124 e. The molecule has 0 amide bonds. The molecular weight excluding hydrogens is 268 g/mol. The van der Waals surface area contributed by atoms with E-state index < -0.39 is 0 Å². The quantitative estimate of drug-likeness (QED) is 0.849. The van der Waals surface area contributed by atoms with Gasteiger partial charge in [0, 0.05) is 29.8 Å². The third-order valence-electron chi connectivity index (χ3n) is 2.36. The highest BCUT2D eigenvalue weighted by molar-refractivity contribution is 9.10. The van der Waals surface area contributed by atoms with Crippen molar-refractivity contribution in [2.75, 3.05) is 11.1 Å². The van der Waals surface area contributed by atoms with Crippen LogP contribution in [0.4, 0.5) is 11.5 Å². The number of benzene rings is 1. The Morgan fingerprint density at radius 1 is 1.44 bits per heavy atom. The second kappa shape index (κ2) is 4.57. The van der Waals surface area contributed by atoms with Crippen LogP contribution in [-0.2, 0) is 13.6 Å². The molecule has 1 aromatic heterocycles. The molecular formula is C11H13BrN4. The van der Waals surface area contributed by atoms with Crippen molar-refractivity contribution in [1.82, 2.24) is 9.78 Å². The van der Waals surface area contributed by atoms with Gasteiger partial charge in [-0.3, -0.25) is 4.68 Å². The lowest BCUT2D eigenvalue weighted by atomic mass is 10.2. The van der Waals surface area contributed by atoms with Crippen molar-refractivity contribution < 1.29 is 0 Å². The first-order valence-electron chi connectivity index (χ1n) is 4.92. The SMILES string of the molecule is Cn1nccc1NCc1ccc(N)c(Br)c1. The Morgan fingerprint density at radius 2 is 2.25 bits per heavy atom. The van der Waals surface area contributed by atoms with Gasteiger partial charge in [-0.15, -0.1) is 0 Å². The number of nitrogens with one attached hydrogen (secondary N) is 1. The lowest BCUT2D eigenvalue weighted by Crippen LogP contribution is -2.04. The molecule has 0 aliphatic carbocycles. The van der Waals surface area contributed by atoms with Gasteiger partial charge in [0.15, 0.2) is 0 Å². The number of nitrogens with zero attached hydrogens (tertiary/aromatic N) is 2. The number of nitrogen functional groups attached to an aromatic ring is 1. The van der Waals surface area contributed by atoms with E-state index >= 15 is 0 Å². The number of nitrogens with two attached hydrogens (primary N) is 1. The number of hydrogen-bond acceptors (Lipinski definition) is 3. The second-order valence-electron chi connectivity index (χ2n) is 3.55. The largest absolute Gasteiger partial charge is 0.398 e. The molecule has 0 fully saturated rings. The summed E-state index contributed by atoms with van der Waals surface area (Å²) in [5.41, 5.74) is 7.64. The maximum absolute atomic E-state index is 5.72. The van der Waals surface area contributed by atoms with E-state index in [2.05, 4.69) is 26.3 Å². The monoisotopic (exact) mass is 280 g/mol. The molecule has 2 rings (SSSR count). The summed E-state index contributed by atoms with van der Waals surface area (Å²) in [5, 5.41) is 7.38. The van der Waals surface area contributed by atoms with Crippen LogP contribution in [0.25, 0.3) is 0 Å². The molecule has 0 saturated heterocycles. The molecule has 0 spiro atoms. The molecule has 5 heteroatoms. The van der Waals surface area contributed by atoms with Crippen LogP contribution >= 0.6 is 15.9 Å². The topological polar surface area (TPSA) is 55.9 Å².